The van der Waals surface area contributed by atoms with Gasteiger partial charge in [0.1, 0.15) is 12.2 Å². The van der Waals surface area contributed by atoms with Crippen LogP contribution in [0.15, 0.2) is 66.2 Å². The van der Waals surface area contributed by atoms with Gasteiger partial charge in [0, 0.05) is 11.8 Å². The van der Waals surface area contributed by atoms with Crippen LogP contribution < -0.4 is 0 Å². The summed E-state index contributed by atoms with van der Waals surface area (Å²) in [6, 6.07) is 16.7. The van der Waals surface area contributed by atoms with Crippen molar-refractivity contribution < 1.29 is 23.9 Å². The molecule has 0 radical (unpaired) electrons. The van der Waals surface area contributed by atoms with Crippen LogP contribution in [-0.4, -0.2) is 39.1 Å². The normalized spacial score (nSPS) is 22.4. The molecule has 0 saturated carbocycles. The van der Waals surface area contributed by atoms with Crippen molar-refractivity contribution in [3.63, 3.8) is 0 Å². The van der Waals surface area contributed by atoms with Crippen molar-refractivity contribution >= 4 is 28.9 Å². The molecule has 3 heterocycles. The topological polar surface area (TPSA) is 77.8 Å². The minimum atomic E-state index is -0.679. The lowest BCUT2D eigenvalue weighted by Gasteiger charge is -2.48. The number of hydrogen-bond donors (Lipinski definition) is 0. The van der Waals surface area contributed by atoms with Crippen LogP contribution >= 0.6 is 0 Å². The summed E-state index contributed by atoms with van der Waals surface area (Å²) in [6.07, 6.45) is 2.32. The lowest BCUT2D eigenvalue weighted by molar-refractivity contribution is -0.114. The van der Waals surface area contributed by atoms with Crippen LogP contribution in [0.2, 0.25) is 0 Å². The van der Waals surface area contributed by atoms with Gasteiger partial charge in [-0.25, -0.2) is 14.2 Å². The number of carbonyl (C=O) groups excluding carboxylic acids is 3. The number of aromatic nitrogens is 1. The number of ketones is 1. The molecule has 2 aliphatic heterocycles. The summed E-state index contributed by atoms with van der Waals surface area (Å²) >= 11 is 0. The van der Waals surface area contributed by atoms with E-state index in [1.165, 1.54) is 0 Å². The van der Waals surface area contributed by atoms with Crippen LogP contribution in [-0.2, 0) is 27.3 Å². The first-order chi connectivity index (χ1) is 17.7. The van der Waals surface area contributed by atoms with Crippen LogP contribution in [0.25, 0.3) is 10.9 Å². The molecule has 1 amide bonds. The summed E-state index contributed by atoms with van der Waals surface area (Å²) in [5, 5.41) is 0.971. The molecule has 1 aliphatic carbocycles. The number of carbonyl (C=O) groups is 3. The van der Waals surface area contributed by atoms with Gasteiger partial charge in [0.25, 0.3) is 0 Å². The average Bonchev–Trinajstić information content (AvgIpc) is 3.39. The first-order valence-electron chi connectivity index (χ1n) is 12.8. The zero-order valence-corrected chi connectivity index (χ0v) is 21.3. The minimum absolute atomic E-state index is 0.0546. The second kappa shape index (κ2) is 8.61. The molecule has 0 spiro atoms. The van der Waals surface area contributed by atoms with E-state index in [-0.39, 0.29) is 24.3 Å². The summed E-state index contributed by atoms with van der Waals surface area (Å²) in [5.41, 5.74) is 3.78. The van der Waals surface area contributed by atoms with Crippen LogP contribution in [0.5, 0.6) is 0 Å². The highest BCUT2D eigenvalue weighted by molar-refractivity contribution is 5.96. The summed E-state index contributed by atoms with van der Waals surface area (Å²) in [5.74, 6) is 0.147. The zero-order chi connectivity index (χ0) is 25.9. The lowest BCUT2D eigenvalue weighted by atomic mass is 9.75. The van der Waals surface area contributed by atoms with E-state index < -0.39 is 23.8 Å². The van der Waals surface area contributed by atoms with Crippen molar-refractivity contribution in [3.8, 4) is 0 Å². The monoisotopic (exact) mass is 498 g/mol. The van der Waals surface area contributed by atoms with Gasteiger partial charge < -0.3 is 9.47 Å². The van der Waals surface area contributed by atoms with Gasteiger partial charge in [-0.1, -0.05) is 48.5 Å². The van der Waals surface area contributed by atoms with E-state index in [9.17, 15) is 14.4 Å². The Hall–Kier alpha value is -3.87. The number of piperidine rings is 1. The van der Waals surface area contributed by atoms with E-state index in [1.54, 1.807) is 15.5 Å². The fourth-order valence-corrected chi connectivity index (χ4v) is 6.17. The molecule has 1 aromatic heterocycles. The van der Waals surface area contributed by atoms with Gasteiger partial charge >= 0.3 is 12.2 Å². The molecule has 3 aromatic rings. The zero-order valence-electron chi connectivity index (χ0n) is 21.3. The third-order valence-corrected chi connectivity index (χ3v) is 7.54. The fourth-order valence-electron chi connectivity index (χ4n) is 6.17. The molecule has 190 valence electrons. The molecular weight excluding hydrogens is 468 g/mol. The van der Waals surface area contributed by atoms with Crippen LogP contribution in [0.4, 0.5) is 9.59 Å². The molecule has 6 rings (SSSR count). The molecular formula is C30H30N2O5. The van der Waals surface area contributed by atoms with Gasteiger partial charge in [-0.15, -0.1) is 0 Å². The Morgan fingerprint density at radius 1 is 0.946 bits per heavy atom. The molecule has 2 aromatic carbocycles. The van der Waals surface area contributed by atoms with E-state index in [0.717, 1.165) is 33.3 Å². The summed E-state index contributed by atoms with van der Waals surface area (Å²) in [6.45, 7) is 5.68. The van der Waals surface area contributed by atoms with E-state index in [2.05, 4.69) is 0 Å². The molecule has 0 unspecified atom stereocenters. The van der Waals surface area contributed by atoms with Crippen LogP contribution in [0, 0.1) is 5.92 Å². The number of fused-ring (bicyclic) bond motifs is 8. The van der Waals surface area contributed by atoms with Gasteiger partial charge in [-0.3, -0.25) is 9.69 Å². The van der Waals surface area contributed by atoms with Gasteiger partial charge in [-0.2, -0.15) is 0 Å². The van der Waals surface area contributed by atoms with Crippen molar-refractivity contribution in [2.24, 2.45) is 5.92 Å². The van der Waals surface area contributed by atoms with Crippen molar-refractivity contribution in [2.75, 3.05) is 0 Å². The minimum Gasteiger partial charge on any atom is -0.445 e. The van der Waals surface area contributed by atoms with Crippen molar-refractivity contribution in [2.45, 2.75) is 64.3 Å². The van der Waals surface area contributed by atoms with E-state index in [4.69, 9.17) is 9.47 Å². The third kappa shape index (κ3) is 4.02. The Kier molecular flexibility index (Phi) is 5.48. The van der Waals surface area contributed by atoms with Gasteiger partial charge in [0.2, 0.25) is 0 Å². The van der Waals surface area contributed by atoms with Crippen LogP contribution in [0.3, 0.4) is 0 Å². The first-order valence-corrected chi connectivity index (χ1v) is 12.8. The number of rotatable bonds is 2. The van der Waals surface area contributed by atoms with Crippen molar-refractivity contribution in [1.82, 2.24) is 9.47 Å². The number of para-hydroxylation sites is 1. The maximum Gasteiger partial charge on any atom is 0.419 e. The van der Waals surface area contributed by atoms with Crippen molar-refractivity contribution in [3.05, 3.63) is 83.1 Å². The van der Waals surface area contributed by atoms with E-state index >= 15 is 0 Å². The van der Waals surface area contributed by atoms with Gasteiger partial charge in [0.05, 0.1) is 23.3 Å². The Bertz CT molecular complexity index is 1450. The molecule has 7 heteroatoms. The highest BCUT2D eigenvalue weighted by atomic mass is 16.6. The molecule has 37 heavy (non-hydrogen) atoms. The Balaban J connectivity index is 1.46. The smallest absolute Gasteiger partial charge is 0.419 e. The Morgan fingerprint density at radius 2 is 1.68 bits per heavy atom. The second-order valence-corrected chi connectivity index (χ2v) is 11.1. The first kappa shape index (κ1) is 23.5. The highest BCUT2D eigenvalue weighted by Crippen LogP contribution is 2.52. The Morgan fingerprint density at radius 3 is 2.43 bits per heavy atom. The maximum atomic E-state index is 13.7. The summed E-state index contributed by atoms with van der Waals surface area (Å²) in [7, 11) is 0. The quantitative estimate of drug-likeness (QED) is 0.436. The number of allylic oxidation sites excluding steroid dienone is 1. The number of amides is 1. The molecule has 7 nitrogen and oxygen atoms in total. The number of hydrogen-bond acceptors (Lipinski definition) is 5. The molecule has 3 aliphatic rings. The fraction of sp³-hybridized carbons (Fsp3) is 0.367. The maximum absolute atomic E-state index is 13.7. The molecule has 1 fully saturated rings. The van der Waals surface area contributed by atoms with Gasteiger partial charge in [0.15, 0.2) is 5.78 Å². The van der Waals surface area contributed by atoms with E-state index in [1.807, 2.05) is 75.4 Å². The number of benzene rings is 2. The molecule has 1 saturated heterocycles. The third-order valence-electron chi connectivity index (χ3n) is 7.54. The van der Waals surface area contributed by atoms with Crippen molar-refractivity contribution in [1.29, 1.82) is 0 Å². The van der Waals surface area contributed by atoms with Crippen LogP contribution in [0.1, 0.15) is 56.5 Å². The second-order valence-electron chi connectivity index (χ2n) is 11.1. The molecule has 2 bridgehead atoms. The predicted octanol–water partition coefficient (Wildman–Crippen LogP) is 5.95. The standard InChI is InChI=1S/C30H30N2O5/c1-30(2,3)37-29(35)32-24-12-8-7-11-21(24)23-16-25-22-15-20(33)13-19(22)14-26(27(23)32)31(25)28(34)36-17-18-9-5-4-6-10-18/h4-12,15,19,25-26H,13-14,16-17H2,1-3H3/t19-,25+,26+/m1/s1. The van der Waals surface area contributed by atoms with Gasteiger partial charge in [-0.05, 0) is 68.4 Å². The lowest BCUT2D eigenvalue weighted by Crippen LogP contribution is -2.53. The predicted molar refractivity (Wildman–Crippen MR) is 138 cm³/mol. The number of ether oxygens (including phenoxy) is 2. The number of nitrogens with zero attached hydrogens (tertiary/aromatic N) is 2. The Labute approximate surface area is 215 Å². The molecule has 0 N–H and O–H groups in total. The van der Waals surface area contributed by atoms with E-state index in [0.29, 0.717) is 19.3 Å². The largest absolute Gasteiger partial charge is 0.445 e. The highest BCUT2D eigenvalue weighted by Gasteiger charge is 2.51. The SMILES string of the molecule is CC(C)(C)OC(=O)n1c2c(c3ccccc31)C[C@H]1C3=CC(=O)C[C@@H]3C[C@@H]2N1C(=O)OCc1ccccc1. The molecule has 3 atom stereocenters. The average molecular weight is 499 g/mol. The summed E-state index contributed by atoms with van der Waals surface area (Å²) in [4.78, 5) is 41.4. The summed E-state index contributed by atoms with van der Waals surface area (Å²) < 4.78 is 13.3.